The second-order valence-electron chi connectivity index (χ2n) is 6.69. The highest BCUT2D eigenvalue weighted by atomic mass is 31.2. The summed E-state index contributed by atoms with van der Waals surface area (Å²) >= 11 is 0. The summed E-state index contributed by atoms with van der Waals surface area (Å²) < 4.78 is 24.0. The van der Waals surface area contributed by atoms with Gasteiger partial charge in [-0.1, -0.05) is 43.7 Å². The summed E-state index contributed by atoms with van der Waals surface area (Å²) in [6, 6.07) is 0. The lowest BCUT2D eigenvalue weighted by molar-refractivity contribution is -0.335. The highest BCUT2D eigenvalue weighted by molar-refractivity contribution is 7.69. The van der Waals surface area contributed by atoms with Crippen LogP contribution in [0.2, 0.25) is 0 Å². The first-order valence-electron chi connectivity index (χ1n) is 7.98. The molecule has 0 fully saturated rings. The molecule has 0 aliphatic rings. The second-order valence-corrected chi connectivity index (χ2v) is 11.0. The van der Waals surface area contributed by atoms with Gasteiger partial charge in [-0.05, 0) is 40.5 Å². The largest absolute Gasteiger partial charge is 0.810 e. The van der Waals surface area contributed by atoms with Crippen LogP contribution in [0.1, 0.15) is 46.2 Å². The van der Waals surface area contributed by atoms with Crippen molar-refractivity contribution < 1.29 is 28.7 Å². The van der Waals surface area contributed by atoms with Crippen molar-refractivity contribution in [1.82, 2.24) is 15.0 Å². The molecule has 0 bridgehead atoms. The van der Waals surface area contributed by atoms with Crippen molar-refractivity contribution in [2.45, 2.75) is 58.4 Å². The summed E-state index contributed by atoms with van der Waals surface area (Å²) in [5, 5.41) is 7.44. The van der Waals surface area contributed by atoms with Crippen LogP contribution in [-0.4, -0.2) is 19.9 Å². The molecule has 26 heavy (non-hydrogen) atoms. The Hall–Kier alpha value is -1.08. The molecule has 0 aromatic carbocycles. The van der Waals surface area contributed by atoms with Crippen LogP contribution in [0.3, 0.4) is 0 Å². The molecule has 9 nitrogen and oxygen atoms in total. The first-order chi connectivity index (χ1) is 11.8. The molecule has 0 atom stereocenters. The number of rotatable bonds is 9. The second kappa shape index (κ2) is 8.74. The molecule has 0 spiro atoms. The Morgan fingerprint density at radius 3 is 2.23 bits per heavy atom. The maximum absolute atomic E-state index is 11.3. The SMILES string of the molecule is CC(C)=CCC/C(C)=C\Cn1cc(CC(C)(P(=O)([O-])[O-])P(=O)([O-])[O-])nn1. The Kier molecular flexibility index (Phi) is 7.72. The lowest BCUT2D eigenvalue weighted by atomic mass is 10.1. The summed E-state index contributed by atoms with van der Waals surface area (Å²) in [5.41, 5.74) is 2.31. The van der Waals surface area contributed by atoms with Crippen LogP contribution >= 0.6 is 15.2 Å². The van der Waals surface area contributed by atoms with Gasteiger partial charge in [0.1, 0.15) is 0 Å². The molecular formula is C15H23N3O6P2-4. The number of hydrogen-bond acceptors (Lipinski definition) is 8. The molecule has 1 rings (SSSR count). The zero-order valence-corrected chi connectivity index (χ0v) is 17.0. The van der Waals surface area contributed by atoms with E-state index >= 15 is 0 Å². The van der Waals surface area contributed by atoms with Crippen LogP contribution < -0.4 is 19.6 Å². The van der Waals surface area contributed by atoms with E-state index in [-0.39, 0.29) is 5.69 Å². The number of nitrogens with zero attached hydrogens (tertiary/aromatic N) is 3. The van der Waals surface area contributed by atoms with Gasteiger partial charge in [0.05, 0.1) is 12.2 Å². The van der Waals surface area contributed by atoms with E-state index < -0.39 is 26.5 Å². The van der Waals surface area contributed by atoms with E-state index in [4.69, 9.17) is 0 Å². The third-order valence-corrected chi connectivity index (χ3v) is 8.15. The van der Waals surface area contributed by atoms with E-state index in [2.05, 4.69) is 16.4 Å². The van der Waals surface area contributed by atoms with Crippen LogP contribution in [0.25, 0.3) is 0 Å². The first kappa shape index (κ1) is 23.0. The van der Waals surface area contributed by atoms with Crippen molar-refractivity contribution in [3.05, 3.63) is 35.2 Å². The molecule has 0 aliphatic carbocycles. The monoisotopic (exact) mass is 403 g/mol. The minimum absolute atomic E-state index is 0.0538. The van der Waals surface area contributed by atoms with Gasteiger partial charge in [0, 0.05) is 17.5 Å². The highest BCUT2D eigenvalue weighted by Crippen LogP contribution is 2.61. The molecule has 148 valence electrons. The van der Waals surface area contributed by atoms with Crippen molar-refractivity contribution >= 4 is 15.2 Å². The van der Waals surface area contributed by atoms with Crippen LogP contribution in [0.4, 0.5) is 0 Å². The predicted octanol–water partition coefficient (Wildman–Crippen LogP) is 0.0569. The minimum Gasteiger partial charge on any atom is -0.810 e. The first-order valence-corrected chi connectivity index (χ1v) is 11.1. The average molecular weight is 403 g/mol. The molecule has 0 radical (unpaired) electrons. The number of aromatic nitrogens is 3. The van der Waals surface area contributed by atoms with E-state index in [1.54, 1.807) is 0 Å². The third kappa shape index (κ3) is 6.27. The van der Waals surface area contributed by atoms with Crippen molar-refractivity contribution in [1.29, 1.82) is 0 Å². The fraction of sp³-hybridized carbons (Fsp3) is 0.600. The van der Waals surface area contributed by atoms with Crippen LogP contribution in [0, 0.1) is 0 Å². The Bertz CT molecular complexity index is 748. The standard InChI is InChI=1S/C15H27N3O6P2/c1-12(2)6-5-7-13(3)8-9-18-11-14(16-17-18)10-15(4,25(19,20)21)26(22,23)24/h6,8,11H,5,7,9-10H2,1-4H3,(H2,19,20,21)(H2,22,23,24)/p-4/b13-8-. The van der Waals surface area contributed by atoms with Crippen molar-refractivity contribution in [2.24, 2.45) is 0 Å². The fourth-order valence-electron chi connectivity index (χ4n) is 2.14. The third-order valence-electron chi connectivity index (χ3n) is 4.00. The molecule has 0 N–H and O–H groups in total. The van der Waals surface area contributed by atoms with E-state index in [0.29, 0.717) is 13.5 Å². The Balaban J connectivity index is 2.83. The summed E-state index contributed by atoms with van der Waals surface area (Å²) in [4.78, 5) is 42.2. The quantitative estimate of drug-likeness (QED) is 0.413. The topological polar surface area (TPSA) is 157 Å². The lowest BCUT2D eigenvalue weighted by Crippen LogP contribution is -2.45. The number of hydrogen-bond donors (Lipinski definition) is 0. The Morgan fingerprint density at radius 2 is 1.73 bits per heavy atom. The minimum atomic E-state index is -5.70. The van der Waals surface area contributed by atoms with Gasteiger partial charge >= 0.3 is 0 Å². The summed E-state index contributed by atoms with van der Waals surface area (Å²) in [6.45, 7) is 6.97. The smallest absolute Gasteiger partial charge is 0.0840 e. The molecule has 1 aromatic heterocycles. The average Bonchev–Trinajstić information content (AvgIpc) is 2.89. The van der Waals surface area contributed by atoms with Crippen molar-refractivity contribution in [3.8, 4) is 0 Å². The summed E-state index contributed by atoms with van der Waals surface area (Å²) in [6.07, 6.45) is 6.31. The molecule has 11 heteroatoms. The van der Waals surface area contributed by atoms with Gasteiger partial charge in [-0.3, -0.25) is 0 Å². The van der Waals surface area contributed by atoms with Gasteiger partial charge in [0.25, 0.3) is 0 Å². The van der Waals surface area contributed by atoms with E-state index in [1.807, 2.05) is 26.8 Å². The van der Waals surface area contributed by atoms with Gasteiger partial charge < -0.3 is 28.7 Å². The molecule has 0 amide bonds. The van der Waals surface area contributed by atoms with Crippen molar-refractivity contribution in [3.63, 3.8) is 0 Å². The van der Waals surface area contributed by atoms with E-state index in [1.165, 1.54) is 16.5 Å². The maximum atomic E-state index is 11.3. The fourth-order valence-corrected chi connectivity index (χ4v) is 4.05. The molecule has 0 unspecified atom stereocenters. The predicted molar refractivity (Wildman–Crippen MR) is 89.8 cm³/mol. The highest BCUT2D eigenvalue weighted by Gasteiger charge is 2.34. The van der Waals surface area contributed by atoms with Crippen LogP contribution in [0.5, 0.6) is 0 Å². The number of allylic oxidation sites excluding steroid dienone is 4. The van der Waals surface area contributed by atoms with Gasteiger partial charge in [0.15, 0.2) is 0 Å². The van der Waals surface area contributed by atoms with E-state index in [9.17, 15) is 28.7 Å². The van der Waals surface area contributed by atoms with Crippen LogP contribution in [-0.2, 0) is 22.1 Å². The molecular weight excluding hydrogens is 380 g/mol. The summed E-state index contributed by atoms with van der Waals surface area (Å²) in [5.74, 6) is 0. The lowest BCUT2D eigenvalue weighted by Gasteiger charge is -2.57. The van der Waals surface area contributed by atoms with Crippen LogP contribution in [0.15, 0.2) is 29.5 Å². The Morgan fingerprint density at radius 1 is 1.15 bits per heavy atom. The Labute approximate surface area is 153 Å². The van der Waals surface area contributed by atoms with Gasteiger partial charge in [-0.25, -0.2) is 4.68 Å². The van der Waals surface area contributed by atoms with E-state index in [0.717, 1.165) is 18.4 Å². The molecule has 0 aliphatic heterocycles. The molecule has 1 heterocycles. The molecule has 0 saturated heterocycles. The molecule has 1 aromatic rings. The zero-order valence-electron chi connectivity index (χ0n) is 15.2. The van der Waals surface area contributed by atoms with Gasteiger partial charge in [0.2, 0.25) is 0 Å². The maximum Gasteiger partial charge on any atom is 0.0840 e. The normalized spacial score (nSPS) is 13.8. The zero-order chi connectivity index (χ0) is 20.2. The van der Waals surface area contributed by atoms with Gasteiger partial charge in [-0.15, -0.1) is 5.10 Å². The summed E-state index contributed by atoms with van der Waals surface area (Å²) in [7, 11) is -11.4. The molecule has 0 saturated carbocycles. The van der Waals surface area contributed by atoms with Gasteiger partial charge in [-0.2, -0.15) is 0 Å². The van der Waals surface area contributed by atoms with Crippen molar-refractivity contribution in [2.75, 3.05) is 0 Å².